The maximum Gasteiger partial charge on any atom is 0.203 e. The van der Waals surface area contributed by atoms with Gasteiger partial charge in [-0.1, -0.05) is 6.42 Å². The van der Waals surface area contributed by atoms with E-state index in [0.717, 1.165) is 30.4 Å². The number of nitrogens with zero attached hydrogens (tertiary/aromatic N) is 2. The molecule has 0 aliphatic carbocycles. The summed E-state index contributed by atoms with van der Waals surface area (Å²) in [4.78, 5) is 6.87. The zero-order valence-electron chi connectivity index (χ0n) is 18.9. The number of furan rings is 1. The molecule has 31 heavy (non-hydrogen) atoms. The van der Waals surface area contributed by atoms with Crippen molar-refractivity contribution in [2.75, 3.05) is 48.0 Å². The lowest BCUT2D eigenvalue weighted by Crippen LogP contribution is -2.44. The molecule has 0 amide bonds. The summed E-state index contributed by atoms with van der Waals surface area (Å²) < 4.78 is 22.0. The first kappa shape index (κ1) is 22.8. The first-order valence-electron chi connectivity index (χ1n) is 10.7. The summed E-state index contributed by atoms with van der Waals surface area (Å²) in [5.41, 5.74) is 0.996. The molecule has 8 nitrogen and oxygen atoms in total. The van der Waals surface area contributed by atoms with Crippen molar-refractivity contribution in [3.8, 4) is 17.2 Å². The Morgan fingerprint density at radius 2 is 1.77 bits per heavy atom. The van der Waals surface area contributed by atoms with Crippen LogP contribution in [0.2, 0.25) is 0 Å². The molecule has 1 unspecified atom stereocenters. The summed E-state index contributed by atoms with van der Waals surface area (Å²) in [6.45, 7) is 3.45. The van der Waals surface area contributed by atoms with Gasteiger partial charge < -0.3 is 29.3 Å². The van der Waals surface area contributed by atoms with Crippen molar-refractivity contribution >= 4 is 5.96 Å². The van der Waals surface area contributed by atoms with Crippen LogP contribution in [0.1, 0.15) is 36.6 Å². The standard InChI is InChI=1S/C23H34N4O4/c1-24-23(25-15-17-13-20(28-2)22(30-4)21(14-17)29-3)26-16-18(19-9-8-12-31-19)27-10-6-5-7-11-27/h8-9,12-14,18H,5-7,10-11,15-16H2,1-4H3,(H2,24,25,26). The molecule has 170 valence electrons. The van der Waals surface area contributed by atoms with Crippen LogP contribution in [0.25, 0.3) is 0 Å². The smallest absolute Gasteiger partial charge is 0.203 e. The fourth-order valence-corrected chi connectivity index (χ4v) is 3.96. The minimum atomic E-state index is 0.176. The number of likely N-dealkylation sites (tertiary alicyclic amines) is 1. The van der Waals surface area contributed by atoms with Crippen LogP contribution < -0.4 is 24.8 Å². The van der Waals surface area contributed by atoms with E-state index in [1.165, 1.54) is 19.3 Å². The third-order valence-corrected chi connectivity index (χ3v) is 5.57. The van der Waals surface area contributed by atoms with Crippen LogP contribution in [0, 0.1) is 0 Å². The fourth-order valence-electron chi connectivity index (χ4n) is 3.96. The van der Waals surface area contributed by atoms with Crippen LogP contribution in [0.3, 0.4) is 0 Å². The summed E-state index contributed by atoms with van der Waals surface area (Å²) in [7, 11) is 6.60. The zero-order chi connectivity index (χ0) is 22.1. The largest absolute Gasteiger partial charge is 0.493 e. The third kappa shape index (κ3) is 5.85. The van der Waals surface area contributed by atoms with Gasteiger partial charge in [0, 0.05) is 20.1 Å². The van der Waals surface area contributed by atoms with Crippen LogP contribution in [0.4, 0.5) is 0 Å². The van der Waals surface area contributed by atoms with Crippen LogP contribution in [0.5, 0.6) is 17.2 Å². The van der Waals surface area contributed by atoms with E-state index in [1.807, 2.05) is 24.3 Å². The Morgan fingerprint density at radius 1 is 1.06 bits per heavy atom. The molecule has 1 aromatic heterocycles. The molecule has 8 heteroatoms. The van der Waals surface area contributed by atoms with Crippen molar-refractivity contribution in [2.45, 2.75) is 31.8 Å². The Morgan fingerprint density at radius 3 is 2.32 bits per heavy atom. The highest BCUT2D eigenvalue weighted by atomic mass is 16.5. The van der Waals surface area contributed by atoms with E-state index in [1.54, 1.807) is 34.6 Å². The highest BCUT2D eigenvalue weighted by molar-refractivity contribution is 5.79. The normalized spacial score (nSPS) is 15.9. The number of benzene rings is 1. The molecule has 1 aliphatic rings. The van der Waals surface area contributed by atoms with Crippen molar-refractivity contribution in [1.82, 2.24) is 15.5 Å². The number of rotatable bonds is 9. The number of piperidine rings is 1. The molecule has 2 N–H and O–H groups in total. The molecule has 3 rings (SSSR count). The van der Waals surface area contributed by atoms with E-state index in [0.29, 0.717) is 30.3 Å². The molecule has 1 aromatic carbocycles. The average Bonchev–Trinajstić information content (AvgIpc) is 3.35. The molecule has 0 radical (unpaired) electrons. The molecular formula is C23H34N4O4. The summed E-state index contributed by atoms with van der Waals surface area (Å²) in [5, 5.41) is 6.82. The molecule has 2 heterocycles. The van der Waals surface area contributed by atoms with Crippen LogP contribution in [-0.4, -0.2) is 58.9 Å². The van der Waals surface area contributed by atoms with E-state index in [2.05, 4.69) is 20.5 Å². The average molecular weight is 431 g/mol. The Kier molecular flexibility index (Phi) is 8.46. The van der Waals surface area contributed by atoms with Crippen molar-refractivity contribution in [2.24, 2.45) is 4.99 Å². The number of guanidine groups is 1. The van der Waals surface area contributed by atoms with Gasteiger partial charge in [0.05, 0.1) is 33.6 Å². The molecule has 1 aliphatic heterocycles. The van der Waals surface area contributed by atoms with Gasteiger partial charge in [0.2, 0.25) is 5.75 Å². The molecule has 1 atom stereocenters. The zero-order valence-corrected chi connectivity index (χ0v) is 18.9. The quantitative estimate of drug-likeness (QED) is 0.467. The second-order valence-corrected chi connectivity index (χ2v) is 7.47. The first-order valence-corrected chi connectivity index (χ1v) is 10.7. The Hall–Kier alpha value is -2.87. The maximum atomic E-state index is 5.74. The van der Waals surface area contributed by atoms with Crippen molar-refractivity contribution in [3.05, 3.63) is 41.9 Å². The summed E-state index contributed by atoms with van der Waals surface area (Å²) in [5.74, 6) is 3.55. The van der Waals surface area contributed by atoms with E-state index in [-0.39, 0.29) is 6.04 Å². The fraction of sp³-hybridized carbons (Fsp3) is 0.522. The molecule has 1 fully saturated rings. The molecule has 1 saturated heterocycles. The number of methoxy groups -OCH3 is 3. The van der Waals surface area contributed by atoms with Crippen LogP contribution in [-0.2, 0) is 6.54 Å². The predicted molar refractivity (Wildman–Crippen MR) is 121 cm³/mol. The van der Waals surface area contributed by atoms with Gasteiger partial charge in [0.1, 0.15) is 5.76 Å². The predicted octanol–water partition coefficient (Wildman–Crippen LogP) is 3.20. The Bertz CT molecular complexity index is 807. The van der Waals surface area contributed by atoms with Gasteiger partial charge in [-0.2, -0.15) is 0 Å². The number of nitrogens with one attached hydrogen (secondary N) is 2. The van der Waals surface area contributed by atoms with Gasteiger partial charge >= 0.3 is 0 Å². The van der Waals surface area contributed by atoms with Gasteiger partial charge in [0.15, 0.2) is 17.5 Å². The SMILES string of the molecule is CN=C(NCc1cc(OC)c(OC)c(OC)c1)NCC(c1ccco1)N1CCCCC1. The van der Waals surface area contributed by atoms with Gasteiger partial charge in [-0.3, -0.25) is 9.89 Å². The third-order valence-electron chi connectivity index (χ3n) is 5.57. The monoisotopic (exact) mass is 430 g/mol. The lowest BCUT2D eigenvalue weighted by atomic mass is 10.1. The highest BCUT2D eigenvalue weighted by Crippen LogP contribution is 2.38. The summed E-state index contributed by atoms with van der Waals surface area (Å²) in [6.07, 6.45) is 5.49. The van der Waals surface area contributed by atoms with Crippen LogP contribution >= 0.6 is 0 Å². The Labute approximate surface area is 184 Å². The van der Waals surface area contributed by atoms with Gasteiger partial charge in [0.25, 0.3) is 0 Å². The number of ether oxygens (including phenoxy) is 3. The van der Waals surface area contributed by atoms with E-state index in [4.69, 9.17) is 18.6 Å². The lowest BCUT2D eigenvalue weighted by Gasteiger charge is -2.33. The highest BCUT2D eigenvalue weighted by Gasteiger charge is 2.24. The first-order chi connectivity index (χ1) is 15.2. The minimum Gasteiger partial charge on any atom is -0.493 e. The summed E-state index contributed by atoms with van der Waals surface area (Å²) in [6, 6.07) is 8.04. The molecule has 0 bridgehead atoms. The molecular weight excluding hydrogens is 396 g/mol. The van der Waals surface area contributed by atoms with Crippen molar-refractivity contribution in [1.29, 1.82) is 0 Å². The minimum absolute atomic E-state index is 0.176. The Balaban J connectivity index is 1.63. The van der Waals surface area contributed by atoms with E-state index in [9.17, 15) is 0 Å². The second kappa shape index (κ2) is 11.5. The lowest BCUT2D eigenvalue weighted by molar-refractivity contribution is 0.146. The number of hydrogen-bond donors (Lipinski definition) is 2. The van der Waals surface area contributed by atoms with Crippen LogP contribution in [0.15, 0.2) is 39.9 Å². The topological polar surface area (TPSA) is 80.5 Å². The maximum absolute atomic E-state index is 5.74. The van der Waals surface area contributed by atoms with Gasteiger partial charge in [-0.15, -0.1) is 0 Å². The molecule has 2 aromatic rings. The van der Waals surface area contributed by atoms with Gasteiger partial charge in [-0.25, -0.2) is 0 Å². The van der Waals surface area contributed by atoms with E-state index < -0.39 is 0 Å². The molecule has 0 spiro atoms. The van der Waals surface area contributed by atoms with Gasteiger partial charge in [-0.05, 0) is 55.8 Å². The number of aliphatic imine (C=N–C) groups is 1. The summed E-state index contributed by atoms with van der Waals surface area (Å²) >= 11 is 0. The second-order valence-electron chi connectivity index (χ2n) is 7.47. The van der Waals surface area contributed by atoms with Crippen molar-refractivity contribution < 1.29 is 18.6 Å². The van der Waals surface area contributed by atoms with Crippen molar-refractivity contribution in [3.63, 3.8) is 0 Å². The number of hydrogen-bond acceptors (Lipinski definition) is 6. The van der Waals surface area contributed by atoms with E-state index >= 15 is 0 Å². The molecule has 0 saturated carbocycles.